The molecule has 140 valence electrons. The second-order valence-electron chi connectivity index (χ2n) is 7.71. The van der Waals surface area contributed by atoms with Gasteiger partial charge in [0.15, 0.2) is 0 Å². The van der Waals surface area contributed by atoms with Gasteiger partial charge in [-0.25, -0.2) is 0 Å². The summed E-state index contributed by atoms with van der Waals surface area (Å²) in [6.45, 7) is 1.39. The first kappa shape index (κ1) is 17.8. The van der Waals surface area contributed by atoms with Gasteiger partial charge in [0.25, 0.3) is 5.91 Å². The van der Waals surface area contributed by atoms with E-state index in [2.05, 4.69) is 5.32 Å². The zero-order chi connectivity index (χ0) is 18.1. The first-order chi connectivity index (χ1) is 12.6. The van der Waals surface area contributed by atoms with Crippen LogP contribution in [0.15, 0.2) is 18.2 Å². The standard InChI is InChI=1S/C20H25ClN2O3/c21-17-6-5-15(23-10-3-4-18(23)24)12-16(17)19(25)22-14-7-11-26-20(13-14)8-1-2-9-20/h5-6,12,14H,1-4,7-11,13H2,(H,22,25). The summed E-state index contributed by atoms with van der Waals surface area (Å²) in [5.74, 6) is -0.0603. The third-order valence-electron chi connectivity index (χ3n) is 5.92. The van der Waals surface area contributed by atoms with Crippen molar-refractivity contribution in [3.63, 3.8) is 0 Å². The Morgan fingerprint density at radius 3 is 2.81 bits per heavy atom. The maximum atomic E-state index is 12.8. The van der Waals surface area contributed by atoms with Crippen molar-refractivity contribution in [2.45, 2.75) is 63.0 Å². The summed E-state index contributed by atoms with van der Waals surface area (Å²) in [4.78, 5) is 26.6. The SMILES string of the molecule is O=C(NC1CCOC2(CCCC2)C1)c1cc(N2CCCC2=O)ccc1Cl. The van der Waals surface area contributed by atoms with Crippen LogP contribution >= 0.6 is 11.6 Å². The Balaban J connectivity index is 1.48. The number of halogens is 1. The highest BCUT2D eigenvalue weighted by molar-refractivity contribution is 6.34. The zero-order valence-electron chi connectivity index (χ0n) is 14.9. The second-order valence-corrected chi connectivity index (χ2v) is 8.12. The average molecular weight is 377 g/mol. The Bertz CT molecular complexity index is 715. The van der Waals surface area contributed by atoms with Crippen LogP contribution in [-0.4, -0.2) is 36.6 Å². The molecule has 1 spiro atoms. The molecule has 3 aliphatic rings. The van der Waals surface area contributed by atoms with E-state index in [-0.39, 0.29) is 23.5 Å². The first-order valence-corrected chi connectivity index (χ1v) is 9.99. The topological polar surface area (TPSA) is 58.6 Å². The van der Waals surface area contributed by atoms with Crippen LogP contribution in [0.1, 0.15) is 61.7 Å². The molecule has 1 aromatic carbocycles. The Morgan fingerprint density at radius 1 is 1.27 bits per heavy atom. The number of carbonyl (C=O) groups is 2. The summed E-state index contributed by atoms with van der Waals surface area (Å²) in [5, 5.41) is 3.57. The minimum atomic E-state index is -0.163. The maximum Gasteiger partial charge on any atom is 0.253 e. The van der Waals surface area contributed by atoms with E-state index in [1.54, 1.807) is 17.0 Å². The Kier molecular flexibility index (Phi) is 4.93. The monoisotopic (exact) mass is 376 g/mol. The summed E-state index contributed by atoms with van der Waals surface area (Å²) in [6, 6.07) is 5.37. The molecule has 26 heavy (non-hydrogen) atoms. The molecular weight excluding hydrogens is 352 g/mol. The molecule has 0 radical (unpaired) electrons. The van der Waals surface area contributed by atoms with E-state index in [1.165, 1.54) is 12.8 Å². The highest BCUT2D eigenvalue weighted by Crippen LogP contribution is 2.40. The fourth-order valence-electron chi connectivity index (χ4n) is 4.56. The lowest BCUT2D eigenvalue weighted by molar-refractivity contribution is -0.117. The van der Waals surface area contributed by atoms with Crippen molar-refractivity contribution in [3.8, 4) is 0 Å². The molecule has 1 aliphatic carbocycles. The normalized spacial score (nSPS) is 25.0. The quantitative estimate of drug-likeness (QED) is 0.875. The van der Waals surface area contributed by atoms with Crippen LogP contribution in [0.2, 0.25) is 5.02 Å². The van der Waals surface area contributed by atoms with Gasteiger partial charge in [0.05, 0.1) is 16.2 Å². The van der Waals surface area contributed by atoms with Gasteiger partial charge in [0.1, 0.15) is 0 Å². The third kappa shape index (κ3) is 3.47. The van der Waals surface area contributed by atoms with Crippen molar-refractivity contribution >= 4 is 29.1 Å². The lowest BCUT2D eigenvalue weighted by atomic mass is 9.89. The number of anilines is 1. The van der Waals surface area contributed by atoms with Gasteiger partial charge < -0.3 is 15.0 Å². The van der Waals surface area contributed by atoms with E-state index in [1.807, 2.05) is 6.07 Å². The first-order valence-electron chi connectivity index (χ1n) is 9.61. The molecule has 1 aromatic rings. The Labute approximate surface area is 159 Å². The van der Waals surface area contributed by atoms with E-state index in [9.17, 15) is 9.59 Å². The van der Waals surface area contributed by atoms with Crippen molar-refractivity contribution in [1.82, 2.24) is 5.32 Å². The largest absolute Gasteiger partial charge is 0.375 e. The van der Waals surface area contributed by atoms with E-state index in [4.69, 9.17) is 16.3 Å². The van der Waals surface area contributed by atoms with Crippen molar-refractivity contribution in [2.24, 2.45) is 0 Å². The maximum absolute atomic E-state index is 12.8. The van der Waals surface area contributed by atoms with Gasteiger partial charge in [-0.2, -0.15) is 0 Å². The van der Waals surface area contributed by atoms with Crippen molar-refractivity contribution in [3.05, 3.63) is 28.8 Å². The van der Waals surface area contributed by atoms with Gasteiger partial charge >= 0.3 is 0 Å². The predicted octanol–water partition coefficient (Wildman–Crippen LogP) is 3.69. The molecule has 1 N–H and O–H groups in total. The van der Waals surface area contributed by atoms with Crippen LogP contribution in [0.5, 0.6) is 0 Å². The van der Waals surface area contributed by atoms with Crippen LogP contribution in [0.25, 0.3) is 0 Å². The molecule has 0 bridgehead atoms. The van der Waals surface area contributed by atoms with Gasteiger partial charge in [0.2, 0.25) is 5.91 Å². The molecule has 6 heteroatoms. The van der Waals surface area contributed by atoms with Crippen LogP contribution in [0.3, 0.4) is 0 Å². The van der Waals surface area contributed by atoms with Gasteiger partial charge in [-0.05, 0) is 50.3 Å². The smallest absolute Gasteiger partial charge is 0.253 e. The molecule has 3 fully saturated rings. The summed E-state index contributed by atoms with van der Waals surface area (Å²) >= 11 is 6.28. The lowest BCUT2D eigenvalue weighted by Crippen LogP contribution is -2.47. The third-order valence-corrected chi connectivity index (χ3v) is 6.25. The number of rotatable bonds is 3. The van der Waals surface area contributed by atoms with Gasteiger partial charge in [-0.3, -0.25) is 9.59 Å². The fourth-order valence-corrected chi connectivity index (χ4v) is 4.76. The second kappa shape index (κ2) is 7.20. The number of amides is 2. The van der Waals surface area contributed by atoms with Gasteiger partial charge in [-0.15, -0.1) is 0 Å². The molecule has 2 heterocycles. The van der Waals surface area contributed by atoms with Crippen molar-refractivity contribution in [1.29, 1.82) is 0 Å². The Hall–Kier alpha value is -1.59. The average Bonchev–Trinajstić information content (AvgIpc) is 3.25. The summed E-state index contributed by atoms with van der Waals surface area (Å²) in [6.07, 6.45) is 7.72. The summed E-state index contributed by atoms with van der Waals surface area (Å²) < 4.78 is 6.04. The number of nitrogens with one attached hydrogen (secondary N) is 1. The molecule has 5 nitrogen and oxygen atoms in total. The highest BCUT2D eigenvalue weighted by Gasteiger charge is 2.40. The van der Waals surface area contributed by atoms with Gasteiger partial charge in [0, 0.05) is 31.3 Å². The van der Waals surface area contributed by atoms with Gasteiger partial charge in [-0.1, -0.05) is 24.4 Å². The molecule has 2 saturated heterocycles. The molecule has 1 saturated carbocycles. The predicted molar refractivity (Wildman–Crippen MR) is 101 cm³/mol. The zero-order valence-corrected chi connectivity index (χ0v) is 15.7. The molecule has 1 atom stereocenters. The highest BCUT2D eigenvalue weighted by atomic mass is 35.5. The van der Waals surface area contributed by atoms with E-state index in [0.29, 0.717) is 30.2 Å². The molecule has 4 rings (SSSR count). The van der Waals surface area contributed by atoms with Crippen LogP contribution in [0.4, 0.5) is 5.69 Å². The van der Waals surface area contributed by atoms with Crippen LogP contribution < -0.4 is 10.2 Å². The molecule has 0 aromatic heterocycles. The minimum Gasteiger partial charge on any atom is -0.375 e. The number of hydrogen-bond donors (Lipinski definition) is 1. The Morgan fingerprint density at radius 2 is 2.08 bits per heavy atom. The summed E-state index contributed by atoms with van der Waals surface area (Å²) in [5.41, 5.74) is 1.15. The molecule has 1 unspecified atom stereocenters. The van der Waals surface area contributed by atoms with E-state index >= 15 is 0 Å². The van der Waals surface area contributed by atoms with E-state index in [0.717, 1.165) is 37.8 Å². The number of benzene rings is 1. The molecule has 2 amide bonds. The van der Waals surface area contributed by atoms with Crippen molar-refractivity contribution < 1.29 is 14.3 Å². The molecule has 2 aliphatic heterocycles. The number of carbonyl (C=O) groups excluding carboxylic acids is 2. The van der Waals surface area contributed by atoms with Crippen LogP contribution in [0, 0.1) is 0 Å². The minimum absolute atomic E-state index is 0.0379. The number of hydrogen-bond acceptors (Lipinski definition) is 3. The lowest BCUT2D eigenvalue weighted by Gasteiger charge is -2.38. The number of ether oxygens (including phenoxy) is 1. The number of nitrogens with zero attached hydrogens (tertiary/aromatic N) is 1. The van der Waals surface area contributed by atoms with Crippen molar-refractivity contribution in [2.75, 3.05) is 18.1 Å². The van der Waals surface area contributed by atoms with Crippen LogP contribution in [-0.2, 0) is 9.53 Å². The summed E-state index contributed by atoms with van der Waals surface area (Å²) in [7, 11) is 0. The fraction of sp³-hybridized carbons (Fsp3) is 0.600. The molecular formula is C20H25ClN2O3. The van der Waals surface area contributed by atoms with E-state index < -0.39 is 0 Å².